The summed E-state index contributed by atoms with van der Waals surface area (Å²) in [6, 6.07) is 4.07. The summed E-state index contributed by atoms with van der Waals surface area (Å²) in [5.74, 6) is -1.59. The predicted molar refractivity (Wildman–Crippen MR) is 64.6 cm³/mol. The van der Waals surface area contributed by atoms with Gasteiger partial charge in [-0.3, -0.25) is 0 Å². The molecule has 1 aliphatic carbocycles. The first kappa shape index (κ1) is 12.5. The van der Waals surface area contributed by atoms with E-state index in [4.69, 9.17) is 5.73 Å². The van der Waals surface area contributed by atoms with Crippen LogP contribution < -0.4 is 5.73 Å². The van der Waals surface area contributed by atoms with Gasteiger partial charge in [0.25, 0.3) is 0 Å². The fourth-order valence-electron chi connectivity index (χ4n) is 2.77. The highest BCUT2D eigenvalue weighted by Gasteiger charge is 2.45. The maximum absolute atomic E-state index is 13.2. The molecule has 1 saturated carbocycles. The lowest BCUT2D eigenvalue weighted by Crippen LogP contribution is -2.50. The van der Waals surface area contributed by atoms with Gasteiger partial charge in [0.15, 0.2) is 11.6 Å². The van der Waals surface area contributed by atoms with E-state index in [1.165, 1.54) is 12.1 Å². The highest BCUT2D eigenvalue weighted by Crippen LogP contribution is 2.45. The molecule has 17 heavy (non-hydrogen) atoms. The predicted octanol–water partition coefficient (Wildman–Crippen LogP) is 3.41. The van der Waals surface area contributed by atoms with E-state index in [9.17, 15) is 8.78 Å². The van der Waals surface area contributed by atoms with Crippen molar-refractivity contribution in [2.24, 2.45) is 11.1 Å². The average molecular weight is 239 g/mol. The molecule has 0 radical (unpaired) electrons. The van der Waals surface area contributed by atoms with E-state index < -0.39 is 11.6 Å². The van der Waals surface area contributed by atoms with Crippen LogP contribution in [-0.4, -0.2) is 5.54 Å². The van der Waals surface area contributed by atoms with Gasteiger partial charge >= 0.3 is 0 Å². The van der Waals surface area contributed by atoms with Gasteiger partial charge in [-0.05, 0) is 42.4 Å². The van der Waals surface area contributed by atoms with Crippen molar-refractivity contribution < 1.29 is 8.78 Å². The van der Waals surface area contributed by atoms with Gasteiger partial charge in [0.05, 0.1) is 0 Å². The molecular formula is C14H19F2N. The first-order valence-corrected chi connectivity index (χ1v) is 6.07. The molecule has 2 N–H and O–H groups in total. The van der Waals surface area contributed by atoms with Crippen molar-refractivity contribution in [3.05, 3.63) is 35.4 Å². The topological polar surface area (TPSA) is 26.0 Å². The molecule has 3 heteroatoms. The average Bonchev–Trinajstić information content (AvgIpc) is 2.47. The Morgan fingerprint density at radius 1 is 1.18 bits per heavy atom. The van der Waals surface area contributed by atoms with E-state index >= 15 is 0 Å². The molecular weight excluding hydrogens is 220 g/mol. The Bertz CT molecular complexity index is 428. The van der Waals surface area contributed by atoms with E-state index in [1.54, 1.807) is 6.07 Å². The molecule has 1 fully saturated rings. The largest absolute Gasteiger partial charge is 0.324 e. The lowest BCUT2D eigenvalue weighted by molar-refractivity contribution is 0.207. The van der Waals surface area contributed by atoms with Crippen molar-refractivity contribution in [2.75, 3.05) is 0 Å². The summed E-state index contributed by atoms with van der Waals surface area (Å²) < 4.78 is 26.0. The van der Waals surface area contributed by atoms with E-state index in [0.29, 0.717) is 6.42 Å². The second-order valence-corrected chi connectivity index (χ2v) is 5.82. The maximum Gasteiger partial charge on any atom is 0.159 e. The van der Waals surface area contributed by atoms with Crippen LogP contribution in [0.15, 0.2) is 18.2 Å². The standard InChI is InChI=1S/C14H19F2N/c1-13(2)6-3-7-14(13,17)9-10-4-5-11(15)12(16)8-10/h4-5,8H,3,6-7,9,17H2,1-2H3. The molecule has 94 valence electrons. The fourth-order valence-corrected chi connectivity index (χ4v) is 2.77. The van der Waals surface area contributed by atoms with Crippen molar-refractivity contribution in [2.45, 2.75) is 45.1 Å². The molecule has 0 spiro atoms. The van der Waals surface area contributed by atoms with Crippen LogP contribution in [0.4, 0.5) is 8.78 Å². The van der Waals surface area contributed by atoms with Crippen LogP contribution in [0, 0.1) is 17.0 Å². The summed E-state index contributed by atoms with van der Waals surface area (Å²) >= 11 is 0. The lowest BCUT2D eigenvalue weighted by Gasteiger charge is -2.38. The molecule has 1 nitrogen and oxygen atoms in total. The number of hydrogen-bond acceptors (Lipinski definition) is 1. The van der Waals surface area contributed by atoms with Crippen LogP contribution in [-0.2, 0) is 6.42 Å². The summed E-state index contributed by atoms with van der Waals surface area (Å²) in [6.45, 7) is 4.31. The fraction of sp³-hybridized carbons (Fsp3) is 0.571. The Morgan fingerprint density at radius 3 is 2.41 bits per heavy atom. The van der Waals surface area contributed by atoms with Crippen LogP contribution >= 0.6 is 0 Å². The third-order valence-electron chi connectivity index (χ3n) is 4.28. The monoisotopic (exact) mass is 239 g/mol. The quantitative estimate of drug-likeness (QED) is 0.840. The molecule has 0 amide bonds. The smallest absolute Gasteiger partial charge is 0.159 e. The van der Waals surface area contributed by atoms with Gasteiger partial charge in [0, 0.05) is 5.54 Å². The molecule has 1 aromatic carbocycles. The van der Waals surface area contributed by atoms with Gasteiger partial charge < -0.3 is 5.73 Å². The van der Waals surface area contributed by atoms with Gasteiger partial charge in [-0.25, -0.2) is 8.78 Å². The highest BCUT2D eigenvalue weighted by molar-refractivity contribution is 5.22. The summed E-state index contributed by atoms with van der Waals surface area (Å²) in [6.07, 6.45) is 3.75. The van der Waals surface area contributed by atoms with Crippen molar-refractivity contribution in [3.8, 4) is 0 Å². The molecule has 0 saturated heterocycles. The van der Waals surface area contributed by atoms with Crippen molar-refractivity contribution in [1.29, 1.82) is 0 Å². The third-order valence-corrected chi connectivity index (χ3v) is 4.28. The normalized spacial score (nSPS) is 27.4. The molecule has 1 atom stereocenters. The minimum atomic E-state index is -0.800. The van der Waals surface area contributed by atoms with E-state index in [2.05, 4.69) is 13.8 Å². The first-order chi connectivity index (χ1) is 7.84. The lowest BCUT2D eigenvalue weighted by atomic mass is 9.72. The van der Waals surface area contributed by atoms with Gasteiger partial charge in [-0.15, -0.1) is 0 Å². The second kappa shape index (κ2) is 4.05. The molecule has 0 heterocycles. The molecule has 0 aromatic heterocycles. The Labute approximate surface area is 101 Å². The van der Waals surface area contributed by atoms with E-state index in [0.717, 1.165) is 24.8 Å². The summed E-state index contributed by atoms with van der Waals surface area (Å²) in [4.78, 5) is 0. The van der Waals surface area contributed by atoms with Crippen LogP contribution in [0.3, 0.4) is 0 Å². The third kappa shape index (κ3) is 2.21. The van der Waals surface area contributed by atoms with Crippen molar-refractivity contribution in [3.63, 3.8) is 0 Å². The first-order valence-electron chi connectivity index (χ1n) is 6.07. The Kier molecular flexibility index (Phi) is 2.98. The summed E-state index contributed by atoms with van der Waals surface area (Å²) in [7, 11) is 0. The summed E-state index contributed by atoms with van der Waals surface area (Å²) in [5, 5.41) is 0. The van der Waals surface area contributed by atoms with Gasteiger partial charge in [0.1, 0.15) is 0 Å². The minimum Gasteiger partial charge on any atom is -0.324 e. The number of halogens is 2. The number of benzene rings is 1. The SMILES string of the molecule is CC1(C)CCCC1(N)Cc1ccc(F)c(F)c1. The van der Waals surface area contributed by atoms with Crippen molar-refractivity contribution >= 4 is 0 Å². The van der Waals surface area contributed by atoms with Crippen LogP contribution in [0.5, 0.6) is 0 Å². The zero-order valence-electron chi connectivity index (χ0n) is 10.4. The maximum atomic E-state index is 13.2. The zero-order chi connectivity index (χ0) is 12.7. The van der Waals surface area contributed by atoms with Crippen LogP contribution in [0.2, 0.25) is 0 Å². The number of hydrogen-bond donors (Lipinski definition) is 1. The van der Waals surface area contributed by atoms with Crippen LogP contribution in [0.25, 0.3) is 0 Å². The molecule has 1 unspecified atom stereocenters. The Balaban J connectivity index is 2.23. The van der Waals surface area contributed by atoms with E-state index in [1.807, 2.05) is 0 Å². The van der Waals surface area contributed by atoms with Gasteiger partial charge in [-0.1, -0.05) is 26.3 Å². The van der Waals surface area contributed by atoms with E-state index in [-0.39, 0.29) is 11.0 Å². The van der Waals surface area contributed by atoms with Crippen LogP contribution in [0.1, 0.15) is 38.7 Å². The van der Waals surface area contributed by atoms with Gasteiger partial charge in [-0.2, -0.15) is 0 Å². The molecule has 2 rings (SSSR count). The Hall–Kier alpha value is -0.960. The second-order valence-electron chi connectivity index (χ2n) is 5.82. The molecule has 1 aliphatic rings. The molecule has 1 aromatic rings. The molecule has 0 bridgehead atoms. The summed E-state index contributed by atoms with van der Waals surface area (Å²) in [5.41, 5.74) is 6.97. The highest BCUT2D eigenvalue weighted by atomic mass is 19.2. The zero-order valence-corrected chi connectivity index (χ0v) is 10.4. The van der Waals surface area contributed by atoms with Crippen molar-refractivity contribution in [1.82, 2.24) is 0 Å². The number of nitrogens with two attached hydrogens (primary N) is 1. The minimum absolute atomic E-state index is 0.0534. The molecule has 0 aliphatic heterocycles. The van der Waals surface area contributed by atoms with Gasteiger partial charge in [0.2, 0.25) is 0 Å². The number of rotatable bonds is 2. The Morgan fingerprint density at radius 2 is 1.88 bits per heavy atom.